The van der Waals surface area contributed by atoms with Gasteiger partial charge in [0.25, 0.3) is 5.91 Å². The molecule has 26 heavy (non-hydrogen) atoms. The molecule has 0 unspecified atom stereocenters. The average Bonchev–Trinajstić information content (AvgIpc) is 2.48. The molecule has 0 bridgehead atoms. The molecule has 0 radical (unpaired) electrons. The number of ether oxygens (including phenoxy) is 1. The van der Waals surface area contributed by atoms with Crippen molar-refractivity contribution in [1.82, 2.24) is 5.32 Å². The van der Waals surface area contributed by atoms with Crippen LogP contribution in [-0.2, 0) is 11.3 Å². The Kier molecular flexibility index (Phi) is 7.48. The summed E-state index contributed by atoms with van der Waals surface area (Å²) < 4.78 is 5.66. The summed E-state index contributed by atoms with van der Waals surface area (Å²) in [5, 5.41) is 5.94. The van der Waals surface area contributed by atoms with Gasteiger partial charge in [-0.05, 0) is 42.5 Å². The van der Waals surface area contributed by atoms with E-state index >= 15 is 0 Å². The van der Waals surface area contributed by atoms with Crippen LogP contribution in [0.4, 0.5) is 0 Å². The molecule has 0 aliphatic heterocycles. The number of carbonyl (C=O) groups is 1. The third-order valence-corrected chi connectivity index (χ3v) is 4.08. The van der Waals surface area contributed by atoms with Crippen molar-refractivity contribution in [2.24, 2.45) is 11.1 Å². The Hall–Kier alpha value is -1.78. The van der Waals surface area contributed by atoms with Crippen molar-refractivity contribution in [2.45, 2.75) is 53.1 Å². The second-order valence-electron chi connectivity index (χ2n) is 8.49. The lowest BCUT2D eigenvalue weighted by atomic mass is 9.81. The van der Waals surface area contributed by atoms with Gasteiger partial charge in [-0.25, -0.2) is 0 Å². The van der Waals surface area contributed by atoms with E-state index in [1.165, 1.54) is 0 Å². The maximum absolute atomic E-state index is 11.1. The normalized spacial score (nSPS) is 11.9. The zero-order valence-corrected chi connectivity index (χ0v) is 17.2. The molecule has 2 rings (SSSR count). The van der Waals surface area contributed by atoms with Gasteiger partial charge >= 0.3 is 0 Å². The van der Waals surface area contributed by atoms with Crippen LogP contribution in [0.3, 0.4) is 0 Å². The maximum atomic E-state index is 11.1. The predicted octanol–water partition coefficient (Wildman–Crippen LogP) is 4.43. The molecule has 0 atom stereocenters. The van der Waals surface area contributed by atoms with Gasteiger partial charge in [-0.15, -0.1) is 12.4 Å². The average molecular weight is 379 g/mol. The minimum absolute atomic E-state index is 0. The highest BCUT2D eigenvalue weighted by Gasteiger charge is 2.25. The number of amides is 1. The number of rotatable bonds is 7. The predicted molar refractivity (Wildman–Crippen MR) is 111 cm³/mol. The van der Waals surface area contributed by atoms with Crippen LogP contribution in [0.25, 0.3) is 10.8 Å². The van der Waals surface area contributed by atoms with Crippen molar-refractivity contribution < 1.29 is 9.53 Å². The Labute approximate surface area is 162 Å². The van der Waals surface area contributed by atoms with Crippen molar-refractivity contribution in [3.63, 3.8) is 0 Å². The SMILES string of the molecule is CC(C)(C)CC(C)(C)NCc1c(OCC(N)=O)ccc2ccccc12.Cl. The molecule has 0 aliphatic rings. The monoisotopic (exact) mass is 378 g/mol. The lowest BCUT2D eigenvalue weighted by molar-refractivity contribution is -0.119. The van der Waals surface area contributed by atoms with Crippen molar-refractivity contribution in [3.8, 4) is 5.75 Å². The Morgan fingerprint density at radius 2 is 1.73 bits per heavy atom. The Morgan fingerprint density at radius 3 is 2.35 bits per heavy atom. The summed E-state index contributed by atoms with van der Waals surface area (Å²) in [6.07, 6.45) is 1.04. The Morgan fingerprint density at radius 1 is 1.08 bits per heavy atom. The minimum atomic E-state index is -0.472. The van der Waals surface area contributed by atoms with E-state index < -0.39 is 5.91 Å². The van der Waals surface area contributed by atoms with Gasteiger partial charge in [-0.1, -0.05) is 51.1 Å². The molecule has 0 aromatic heterocycles. The first-order valence-electron chi connectivity index (χ1n) is 8.74. The molecule has 2 aromatic rings. The minimum Gasteiger partial charge on any atom is -0.483 e. The van der Waals surface area contributed by atoms with E-state index in [-0.39, 0.29) is 30.0 Å². The molecule has 0 aliphatic carbocycles. The van der Waals surface area contributed by atoms with Gasteiger partial charge < -0.3 is 15.8 Å². The highest BCUT2D eigenvalue weighted by molar-refractivity contribution is 5.88. The second-order valence-corrected chi connectivity index (χ2v) is 8.49. The lowest BCUT2D eigenvalue weighted by Gasteiger charge is -2.34. The number of fused-ring (bicyclic) bond motifs is 1. The molecule has 1 amide bonds. The molecule has 0 fully saturated rings. The van der Waals surface area contributed by atoms with Gasteiger partial charge in [0, 0.05) is 17.6 Å². The summed E-state index contributed by atoms with van der Waals surface area (Å²) in [6, 6.07) is 12.1. The van der Waals surface area contributed by atoms with Crippen LogP contribution < -0.4 is 15.8 Å². The Bertz CT molecular complexity index is 751. The first-order chi connectivity index (χ1) is 11.6. The molecule has 3 N–H and O–H groups in total. The van der Waals surface area contributed by atoms with Crippen LogP contribution in [-0.4, -0.2) is 18.1 Å². The van der Waals surface area contributed by atoms with Crippen LogP contribution in [0.1, 0.15) is 46.6 Å². The number of primary amides is 1. The lowest BCUT2D eigenvalue weighted by Crippen LogP contribution is -2.42. The van der Waals surface area contributed by atoms with Crippen LogP contribution >= 0.6 is 12.4 Å². The van der Waals surface area contributed by atoms with E-state index in [4.69, 9.17) is 10.5 Å². The molecule has 0 saturated carbocycles. The number of hydrogen-bond acceptors (Lipinski definition) is 3. The molecule has 0 spiro atoms. The van der Waals surface area contributed by atoms with E-state index in [9.17, 15) is 4.79 Å². The van der Waals surface area contributed by atoms with Crippen molar-refractivity contribution in [3.05, 3.63) is 42.0 Å². The largest absolute Gasteiger partial charge is 0.483 e. The molecule has 0 saturated heterocycles. The summed E-state index contributed by atoms with van der Waals surface area (Å²) in [4.78, 5) is 11.1. The van der Waals surface area contributed by atoms with Gasteiger partial charge in [0.05, 0.1) is 0 Å². The molecular weight excluding hydrogens is 348 g/mol. The highest BCUT2D eigenvalue weighted by Crippen LogP contribution is 2.31. The molecule has 0 heterocycles. The van der Waals surface area contributed by atoms with Crippen LogP contribution in [0, 0.1) is 5.41 Å². The van der Waals surface area contributed by atoms with E-state index in [1.54, 1.807) is 0 Å². The van der Waals surface area contributed by atoms with E-state index in [1.807, 2.05) is 24.3 Å². The van der Waals surface area contributed by atoms with Crippen molar-refractivity contribution in [2.75, 3.05) is 6.61 Å². The number of carbonyl (C=O) groups excluding carboxylic acids is 1. The summed E-state index contributed by atoms with van der Waals surface area (Å²) >= 11 is 0. The van der Waals surface area contributed by atoms with Crippen molar-refractivity contribution in [1.29, 1.82) is 0 Å². The van der Waals surface area contributed by atoms with E-state index in [0.717, 1.165) is 22.8 Å². The van der Waals surface area contributed by atoms with Crippen LogP contribution in [0.15, 0.2) is 36.4 Å². The van der Waals surface area contributed by atoms with Gasteiger partial charge in [0.15, 0.2) is 6.61 Å². The standard InChI is InChI=1S/C21H30N2O2.ClH/c1-20(2,3)14-21(4,5)23-12-17-16-9-7-6-8-15(16)10-11-18(17)25-13-19(22)24;/h6-11,23H,12-14H2,1-5H3,(H2,22,24);1H. The fourth-order valence-corrected chi connectivity index (χ4v) is 3.50. The topological polar surface area (TPSA) is 64.3 Å². The fraction of sp³-hybridized carbons (Fsp3) is 0.476. The zero-order valence-electron chi connectivity index (χ0n) is 16.4. The Balaban J connectivity index is 0.00000338. The van der Waals surface area contributed by atoms with Crippen LogP contribution in [0.2, 0.25) is 0 Å². The third-order valence-electron chi connectivity index (χ3n) is 4.08. The van der Waals surface area contributed by atoms with Crippen molar-refractivity contribution >= 4 is 29.1 Å². The number of benzene rings is 2. The number of nitrogens with two attached hydrogens (primary N) is 1. The van der Waals surface area contributed by atoms with E-state index in [2.05, 4.69) is 52.1 Å². The van der Waals surface area contributed by atoms with Gasteiger partial charge in [0.2, 0.25) is 0 Å². The molecule has 144 valence electrons. The highest BCUT2D eigenvalue weighted by atomic mass is 35.5. The summed E-state index contributed by atoms with van der Waals surface area (Å²) in [7, 11) is 0. The quantitative estimate of drug-likeness (QED) is 0.749. The molecule has 4 nitrogen and oxygen atoms in total. The van der Waals surface area contributed by atoms with Crippen LogP contribution in [0.5, 0.6) is 5.75 Å². The number of halogens is 1. The molecule has 2 aromatic carbocycles. The van der Waals surface area contributed by atoms with Gasteiger partial charge in [-0.3, -0.25) is 4.79 Å². The smallest absolute Gasteiger partial charge is 0.255 e. The first-order valence-corrected chi connectivity index (χ1v) is 8.74. The zero-order chi connectivity index (χ0) is 18.7. The third kappa shape index (κ3) is 6.50. The second kappa shape index (κ2) is 8.74. The first kappa shape index (κ1) is 22.3. The molecular formula is C21H31ClN2O2. The number of nitrogens with one attached hydrogen (secondary N) is 1. The van der Waals surface area contributed by atoms with E-state index in [0.29, 0.717) is 12.3 Å². The summed E-state index contributed by atoms with van der Waals surface area (Å²) in [5.74, 6) is 0.233. The van der Waals surface area contributed by atoms with Gasteiger partial charge in [-0.2, -0.15) is 0 Å². The maximum Gasteiger partial charge on any atom is 0.255 e. The molecule has 5 heteroatoms. The number of hydrogen-bond donors (Lipinski definition) is 2. The summed E-state index contributed by atoms with van der Waals surface area (Å²) in [5.41, 5.74) is 6.51. The summed E-state index contributed by atoms with van der Waals surface area (Å²) in [6.45, 7) is 11.7. The van der Waals surface area contributed by atoms with Gasteiger partial charge in [0.1, 0.15) is 5.75 Å². The fourth-order valence-electron chi connectivity index (χ4n) is 3.50.